The van der Waals surface area contributed by atoms with Gasteiger partial charge in [-0.05, 0) is 5.56 Å². The average Bonchev–Trinajstić information content (AvgIpc) is 2.16. The number of benzene rings is 1. The topological polar surface area (TPSA) is 77.3 Å². The Morgan fingerprint density at radius 1 is 1.18 bits per heavy atom. The van der Waals surface area contributed by atoms with Gasteiger partial charge < -0.3 is 0 Å². The maximum atomic E-state index is 12.0. The van der Waals surface area contributed by atoms with Crippen molar-refractivity contribution in [3.63, 3.8) is 0 Å². The molecule has 1 rings (SSSR count). The molecule has 0 aliphatic heterocycles. The van der Waals surface area contributed by atoms with E-state index >= 15 is 0 Å². The molecule has 0 aliphatic rings. The molecule has 0 fully saturated rings. The Morgan fingerprint density at radius 2 is 1.65 bits per heavy atom. The highest BCUT2D eigenvalue weighted by atomic mass is 32.2. The van der Waals surface area contributed by atoms with E-state index < -0.39 is 26.0 Å². The fourth-order valence-corrected chi connectivity index (χ4v) is 1.81. The average molecular weight is 269 g/mol. The maximum Gasteiger partial charge on any atom is 0.497 e. The summed E-state index contributed by atoms with van der Waals surface area (Å²) in [5.74, 6) is -1.23. The summed E-state index contributed by atoms with van der Waals surface area (Å²) in [6.45, 7) is 0. The molecule has 0 aromatic heterocycles. The van der Waals surface area contributed by atoms with E-state index in [1.165, 1.54) is 0 Å². The van der Waals surface area contributed by atoms with E-state index in [1.54, 1.807) is 0 Å². The molecule has 0 atom stereocenters. The number of rotatable bonds is 3. The molecule has 0 saturated heterocycles. The Morgan fingerprint density at radius 3 is 2.00 bits per heavy atom. The summed E-state index contributed by atoms with van der Waals surface area (Å²) in [6, 6.07) is 3.84. The smallest absolute Gasteiger partial charge is 0.258 e. The third-order valence-electron chi connectivity index (χ3n) is 1.86. The van der Waals surface area contributed by atoms with Crippen molar-refractivity contribution >= 4 is 15.5 Å². The van der Waals surface area contributed by atoms with Gasteiger partial charge in [-0.1, -0.05) is 12.1 Å². The summed E-state index contributed by atoms with van der Waals surface area (Å²) in [4.78, 5) is 9.53. The number of hydrogen-bond acceptors (Lipinski definition) is 4. The summed E-state index contributed by atoms with van der Waals surface area (Å²) in [5.41, 5.74) is -5.81. The van der Waals surface area contributed by atoms with Gasteiger partial charge in [0.2, 0.25) is 0 Å². The first kappa shape index (κ1) is 13.4. The third-order valence-corrected chi connectivity index (χ3v) is 3.28. The Balaban J connectivity index is 2.95. The van der Waals surface area contributed by atoms with Crippen molar-refractivity contribution in [1.82, 2.24) is 0 Å². The minimum atomic E-state index is -5.32. The zero-order valence-corrected chi connectivity index (χ0v) is 8.96. The lowest BCUT2D eigenvalue weighted by molar-refractivity contribution is -0.384. The summed E-state index contributed by atoms with van der Waals surface area (Å²) in [6.07, 6.45) is 0. The first-order valence-corrected chi connectivity index (χ1v) is 5.81. The van der Waals surface area contributed by atoms with Crippen LogP contribution in [0.3, 0.4) is 0 Å². The molecular formula is C8H6F3NO4S. The summed E-state index contributed by atoms with van der Waals surface area (Å²) >= 11 is 0. The van der Waals surface area contributed by atoms with Crippen LogP contribution in [0.15, 0.2) is 24.3 Å². The number of nitro benzene ring substituents is 1. The Hall–Kier alpha value is -1.64. The van der Waals surface area contributed by atoms with Crippen LogP contribution in [0.5, 0.6) is 0 Å². The first-order valence-electron chi connectivity index (χ1n) is 4.16. The number of nitro groups is 1. The van der Waals surface area contributed by atoms with Gasteiger partial charge in [-0.25, -0.2) is 8.42 Å². The van der Waals surface area contributed by atoms with E-state index in [1.807, 2.05) is 0 Å². The van der Waals surface area contributed by atoms with Crippen LogP contribution in [0.4, 0.5) is 18.9 Å². The van der Waals surface area contributed by atoms with E-state index in [4.69, 9.17) is 0 Å². The zero-order valence-electron chi connectivity index (χ0n) is 8.14. The fraction of sp³-hybridized carbons (Fsp3) is 0.250. The minimum Gasteiger partial charge on any atom is -0.258 e. The Kier molecular flexibility index (Phi) is 3.41. The summed E-state index contributed by atoms with van der Waals surface area (Å²) in [5, 5.41) is 10.3. The summed E-state index contributed by atoms with van der Waals surface area (Å²) < 4.78 is 57.7. The quantitative estimate of drug-likeness (QED) is 0.621. The monoisotopic (exact) mass is 269 g/mol. The van der Waals surface area contributed by atoms with Crippen LogP contribution in [0.25, 0.3) is 0 Å². The van der Waals surface area contributed by atoms with Crippen LogP contribution in [0, 0.1) is 10.1 Å². The SMILES string of the molecule is O=[N+]([O-])c1ccc(CS(=O)(=O)C(F)(F)F)cc1. The van der Waals surface area contributed by atoms with Gasteiger partial charge in [0.05, 0.1) is 10.7 Å². The highest BCUT2D eigenvalue weighted by Crippen LogP contribution is 2.27. The van der Waals surface area contributed by atoms with Crippen molar-refractivity contribution in [2.45, 2.75) is 11.3 Å². The molecule has 0 bridgehead atoms. The second kappa shape index (κ2) is 4.32. The number of nitrogens with zero attached hydrogens (tertiary/aromatic N) is 1. The summed E-state index contributed by atoms with van der Waals surface area (Å²) in [7, 11) is -5.25. The highest BCUT2D eigenvalue weighted by molar-refractivity contribution is 7.91. The second-order valence-electron chi connectivity index (χ2n) is 3.13. The molecule has 0 aliphatic carbocycles. The third kappa shape index (κ3) is 3.16. The van der Waals surface area contributed by atoms with Crippen molar-refractivity contribution in [2.24, 2.45) is 0 Å². The lowest BCUT2D eigenvalue weighted by atomic mass is 10.2. The number of sulfone groups is 1. The van der Waals surface area contributed by atoms with Crippen LogP contribution >= 0.6 is 0 Å². The second-order valence-corrected chi connectivity index (χ2v) is 5.11. The molecule has 0 saturated carbocycles. The van der Waals surface area contributed by atoms with Gasteiger partial charge in [-0.3, -0.25) is 10.1 Å². The van der Waals surface area contributed by atoms with Crippen LogP contribution < -0.4 is 0 Å². The van der Waals surface area contributed by atoms with Crippen molar-refractivity contribution < 1.29 is 26.5 Å². The molecule has 94 valence electrons. The van der Waals surface area contributed by atoms with E-state index in [-0.39, 0.29) is 11.3 Å². The molecule has 0 heterocycles. The number of hydrogen-bond donors (Lipinski definition) is 0. The largest absolute Gasteiger partial charge is 0.497 e. The van der Waals surface area contributed by atoms with Gasteiger partial charge in [0.1, 0.15) is 0 Å². The normalized spacial score (nSPS) is 12.4. The molecule has 5 nitrogen and oxygen atoms in total. The predicted molar refractivity (Wildman–Crippen MR) is 51.8 cm³/mol. The van der Waals surface area contributed by atoms with E-state index in [2.05, 4.69) is 0 Å². The minimum absolute atomic E-state index is 0.159. The van der Waals surface area contributed by atoms with Crippen LogP contribution in [0.2, 0.25) is 0 Å². The lowest BCUT2D eigenvalue weighted by Gasteiger charge is -2.07. The van der Waals surface area contributed by atoms with Gasteiger partial charge >= 0.3 is 5.51 Å². The number of non-ortho nitro benzene ring substituents is 1. The van der Waals surface area contributed by atoms with Crippen molar-refractivity contribution in [1.29, 1.82) is 0 Å². The van der Waals surface area contributed by atoms with Gasteiger partial charge in [0, 0.05) is 12.1 Å². The van der Waals surface area contributed by atoms with Crippen molar-refractivity contribution in [3.8, 4) is 0 Å². The molecule has 1 aromatic carbocycles. The zero-order chi connectivity index (χ0) is 13.3. The predicted octanol–water partition coefficient (Wildman–Crippen LogP) is 2.03. The van der Waals surface area contributed by atoms with Gasteiger partial charge in [-0.15, -0.1) is 0 Å². The van der Waals surface area contributed by atoms with E-state index in [0.717, 1.165) is 24.3 Å². The van der Waals surface area contributed by atoms with Gasteiger partial charge in [0.15, 0.2) is 0 Å². The lowest BCUT2D eigenvalue weighted by Crippen LogP contribution is -2.24. The van der Waals surface area contributed by atoms with Crippen LogP contribution in [-0.2, 0) is 15.6 Å². The first-order chi connectivity index (χ1) is 7.63. The number of alkyl halides is 3. The van der Waals surface area contributed by atoms with Crippen molar-refractivity contribution in [2.75, 3.05) is 0 Å². The van der Waals surface area contributed by atoms with E-state index in [0.29, 0.717) is 0 Å². The molecule has 0 unspecified atom stereocenters. The highest BCUT2D eigenvalue weighted by Gasteiger charge is 2.45. The molecule has 1 aromatic rings. The number of halogens is 3. The van der Waals surface area contributed by atoms with Gasteiger partial charge in [-0.2, -0.15) is 13.2 Å². The van der Waals surface area contributed by atoms with E-state index in [9.17, 15) is 31.7 Å². The van der Waals surface area contributed by atoms with Gasteiger partial charge in [0.25, 0.3) is 15.5 Å². The molecule has 17 heavy (non-hydrogen) atoms. The Bertz CT molecular complexity index is 521. The molecule has 0 amide bonds. The standard InChI is InChI=1S/C8H6F3NO4S/c9-8(10,11)17(15,16)5-6-1-3-7(4-2-6)12(13)14/h1-4H,5H2. The molecule has 0 radical (unpaired) electrons. The Labute approximate surface area is 93.9 Å². The van der Waals surface area contributed by atoms with Crippen LogP contribution in [0.1, 0.15) is 5.56 Å². The molecular weight excluding hydrogens is 263 g/mol. The van der Waals surface area contributed by atoms with Crippen LogP contribution in [-0.4, -0.2) is 18.8 Å². The molecule has 0 N–H and O–H groups in total. The molecule has 9 heteroatoms. The molecule has 0 spiro atoms. The maximum absolute atomic E-state index is 12.0. The fourth-order valence-electron chi connectivity index (χ4n) is 1.02. The van der Waals surface area contributed by atoms with Crippen molar-refractivity contribution in [3.05, 3.63) is 39.9 Å².